The summed E-state index contributed by atoms with van der Waals surface area (Å²) in [6.45, 7) is 3.55. The zero-order valence-corrected chi connectivity index (χ0v) is 20.5. The average molecular weight is 498 g/mol. The highest BCUT2D eigenvalue weighted by atomic mass is 32.2. The zero-order valence-electron chi connectivity index (χ0n) is 19.7. The predicted molar refractivity (Wildman–Crippen MR) is 141 cm³/mol. The summed E-state index contributed by atoms with van der Waals surface area (Å²) in [5, 5.41) is 0.519. The van der Waals surface area contributed by atoms with Crippen LogP contribution in [0.3, 0.4) is 0 Å². The first-order chi connectivity index (χ1) is 17.3. The molecule has 0 amide bonds. The molecule has 0 aliphatic rings. The van der Waals surface area contributed by atoms with Crippen LogP contribution in [0, 0.1) is 13.8 Å². The lowest BCUT2D eigenvalue weighted by molar-refractivity contribution is 0.482. The molecule has 0 fully saturated rings. The molecule has 5 aromatic rings. The fourth-order valence-corrected chi connectivity index (χ4v) is 5.10. The number of sulfonamides is 1. The molecule has 180 valence electrons. The van der Waals surface area contributed by atoms with Crippen LogP contribution in [0.2, 0.25) is 0 Å². The normalized spacial score (nSPS) is 11.4. The van der Waals surface area contributed by atoms with Crippen LogP contribution in [0.1, 0.15) is 11.4 Å². The molecule has 0 saturated heterocycles. The summed E-state index contributed by atoms with van der Waals surface area (Å²) in [5.74, 6) is 1.74. The van der Waals surface area contributed by atoms with Crippen molar-refractivity contribution in [2.45, 2.75) is 18.7 Å². The maximum absolute atomic E-state index is 13.1. The van der Waals surface area contributed by atoms with Crippen LogP contribution in [0.15, 0.2) is 107 Å². The molecule has 5 rings (SSSR count). The van der Waals surface area contributed by atoms with E-state index in [1.165, 1.54) is 16.7 Å². The van der Waals surface area contributed by atoms with Crippen molar-refractivity contribution < 1.29 is 13.2 Å². The Morgan fingerprint density at radius 3 is 2.19 bits per heavy atom. The first-order valence-corrected chi connectivity index (χ1v) is 12.8. The molecule has 4 aromatic carbocycles. The van der Waals surface area contributed by atoms with Crippen LogP contribution in [0.4, 0.5) is 5.69 Å². The highest BCUT2D eigenvalue weighted by Gasteiger charge is 2.17. The van der Waals surface area contributed by atoms with Gasteiger partial charge in [-0.05, 0) is 86.1 Å². The van der Waals surface area contributed by atoms with Gasteiger partial charge in [0.15, 0.2) is 0 Å². The van der Waals surface area contributed by atoms with Crippen molar-refractivity contribution in [2.75, 3.05) is 4.72 Å². The molecule has 1 N–H and O–H groups in total. The first kappa shape index (κ1) is 23.3. The zero-order chi connectivity index (χ0) is 25.3. The SMILES string of the molecule is Cc1cc(-n2c(C)nc3ccccc3c2=O)ccc1NS(=O)(=O)c1ccc(Oc2ccccc2)cc1. The van der Waals surface area contributed by atoms with Crippen molar-refractivity contribution in [3.63, 3.8) is 0 Å². The van der Waals surface area contributed by atoms with Crippen molar-refractivity contribution in [3.8, 4) is 17.2 Å². The van der Waals surface area contributed by atoms with Crippen LogP contribution < -0.4 is 15.0 Å². The van der Waals surface area contributed by atoms with Gasteiger partial charge in [-0.15, -0.1) is 0 Å². The highest BCUT2D eigenvalue weighted by Crippen LogP contribution is 2.26. The molecule has 7 nitrogen and oxygen atoms in total. The molecule has 0 radical (unpaired) electrons. The second-order valence-corrected chi connectivity index (χ2v) is 9.99. The van der Waals surface area contributed by atoms with Crippen molar-refractivity contribution in [2.24, 2.45) is 0 Å². The predicted octanol–water partition coefficient (Wildman–Crippen LogP) is 5.60. The first-order valence-electron chi connectivity index (χ1n) is 11.3. The Morgan fingerprint density at radius 2 is 1.47 bits per heavy atom. The smallest absolute Gasteiger partial charge is 0.265 e. The molecule has 0 spiro atoms. The van der Waals surface area contributed by atoms with Gasteiger partial charge in [-0.25, -0.2) is 13.4 Å². The number of rotatable bonds is 6. The Balaban J connectivity index is 1.40. The minimum Gasteiger partial charge on any atom is -0.457 e. The van der Waals surface area contributed by atoms with Gasteiger partial charge >= 0.3 is 0 Å². The van der Waals surface area contributed by atoms with E-state index in [4.69, 9.17) is 4.74 Å². The Bertz CT molecular complexity index is 1730. The van der Waals surface area contributed by atoms with Gasteiger partial charge in [0, 0.05) is 0 Å². The Kier molecular flexibility index (Phi) is 6.03. The van der Waals surface area contributed by atoms with Gasteiger partial charge in [0.1, 0.15) is 17.3 Å². The third-order valence-electron chi connectivity index (χ3n) is 5.77. The molecular formula is C28H23N3O4S. The number of hydrogen-bond acceptors (Lipinski definition) is 5. The van der Waals surface area contributed by atoms with E-state index < -0.39 is 10.0 Å². The molecular weight excluding hydrogens is 474 g/mol. The summed E-state index contributed by atoms with van der Waals surface area (Å²) in [4.78, 5) is 17.8. The second kappa shape index (κ2) is 9.31. The van der Waals surface area contributed by atoms with Gasteiger partial charge in [-0.1, -0.05) is 30.3 Å². The van der Waals surface area contributed by atoms with Gasteiger partial charge in [0.25, 0.3) is 15.6 Å². The molecule has 1 heterocycles. The van der Waals surface area contributed by atoms with Gasteiger partial charge in [-0.2, -0.15) is 0 Å². The molecule has 0 saturated carbocycles. The van der Waals surface area contributed by atoms with E-state index in [1.807, 2.05) is 36.4 Å². The molecule has 0 bridgehead atoms. The van der Waals surface area contributed by atoms with E-state index in [0.717, 1.165) is 0 Å². The van der Waals surface area contributed by atoms with Crippen LogP contribution >= 0.6 is 0 Å². The fourth-order valence-electron chi connectivity index (χ4n) is 3.96. The molecule has 1 aromatic heterocycles. The topological polar surface area (TPSA) is 90.3 Å². The Hall–Kier alpha value is -4.43. The number of fused-ring (bicyclic) bond motifs is 1. The number of nitrogens with one attached hydrogen (secondary N) is 1. The molecule has 0 aliphatic heterocycles. The van der Waals surface area contributed by atoms with E-state index in [1.54, 1.807) is 62.4 Å². The molecule has 0 atom stereocenters. The van der Waals surface area contributed by atoms with Gasteiger partial charge in [-0.3, -0.25) is 14.1 Å². The molecule has 8 heteroatoms. The van der Waals surface area contributed by atoms with Gasteiger partial charge in [0.2, 0.25) is 0 Å². The van der Waals surface area contributed by atoms with Crippen LogP contribution in [0.5, 0.6) is 11.5 Å². The lowest BCUT2D eigenvalue weighted by Crippen LogP contribution is -2.22. The van der Waals surface area contributed by atoms with E-state index >= 15 is 0 Å². The second-order valence-electron chi connectivity index (χ2n) is 8.31. The summed E-state index contributed by atoms with van der Waals surface area (Å²) in [6.07, 6.45) is 0. The monoisotopic (exact) mass is 497 g/mol. The standard InChI is InChI=1S/C28H23N3O4S/c1-19-18-21(31-20(2)29-27-11-7-6-10-25(27)28(31)32)12-17-26(19)30-36(33,34)24-15-13-23(14-16-24)35-22-8-4-3-5-9-22/h3-18,30H,1-2H3. The van der Waals surface area contributed by atoms with Crippen LogP contribution in [0.25, 0.3) is 16.6 Å². The van der Waals surface area contributed by atoms with Gasteiger partial charge < -0.3 is 4.74 Å². The highest BCUT2D eigenvalue weighted by molar-refractivity contribution is 7.92. The largest absolute Gasteiger partial charge is 0.457 e. The lowest BCUT2D eigenvalue weighted by Gasteiger charge is -2.15. The molecule has 0 unspecified atom stereocenters. The van der Waals surface area contributed by atoms with Crippen LogP contribution in [-0.4, -0.2) is 18.0 Å². The molecule has 36 heavy (non-hydrogen) atoms. The summed E-state index contributed by atoms with van der Waals surface area (Å²) in [6, 6.07) is 27.8. The van der Waals surface area contributed by atoms with E-state index in [2.05, 4.69) is 9.71 Å². The third-order valence-corrected chi connectivity index (χ3v) is 7.15. The number of benzene rings is 4. The summed E-state index contributed by atoms with van der Waals surface area (Å²) >= 11 is 0. The van der Waals surface area contributed by atoms with E-state index in [0.29, 0.717) is 45.2 Å². The summed E-state index contributed by atoms with van der Waals surface area (Å²) in [5.41, 5.74) is 2.15. The lowest BCUT2D eigenvalue weighted by atomic mass is 10.1. The number of para-hydroxylation sites is 2. The summed E-state index contributed by atoms with van der Waals surface area (Å²) < 4.78 is 35.9. The number of aromatic nitrogens is 2. The Morgan fingerprint density at radius 1 is 0.806 bits per heavy atom. The number of hydrogen-bond donors (Lipinski definition) is 1. The maximum Gasteiger partial charge on any atom is 0.265 e. The average Bonchev–Trinajstić information content (AvgIpc) is 2.86. The minimum atomic E-state index is -3.83. The quantitative estimate of drug-likeness (QED) is 0.330. The number of anilines is 1. The third kappa shape index (κ3) is 4.58. The minimum absolute atomic E-state index is 0.109. The van der Waals surface area contributed by atoms with E-state index in [9.17, 15) is 13.2 Å². The van der Waals surface area contributed by atoms with E-state index in [-0.39, 0.29) is 10.5 Å². The van der Waals surface area contributed by atoms with Crippen molar-refractivity contribution >= 4 is 26.6 Å². The molecule has 0 aliphatic carbocycles. The number of nitrogens with zero attached hydrogens (tertiary/aromatic N) is 2. The number of aryl methyl sites for hydroxylation is 2. The van der Waals surface area contributed by atoms with Crippen molar-refractivity contribution in [3.05, 3.63) is 119 Å². The van der Waals surface area contributed by atoms with Crippen LogP contribution in [-0.2, 0) is 10.0 Å². The summed E-state index contributed by atoms with van der Waals surface area (Å²) in [7, 11) is -3.83. The number of ether oxygens (including phenoxy) is 1. The van der Waals surface area contributed by atoms with Gasteiger partial charge in [0.05, 0.1) is 27.2 Å². The fraction of sp³-hybridized carbons (Fsp3) is 0.0714. The maximum atomic E-state index is 13.1. The van der Waals surface area contributed by atoms with Crippen molar-refractivity contribution in [1.29, 1.82) is 0 Å². The Labute approximate surface area is 208 Å². The van der Waals surface area contributed by atoms with Crippen molar-refractivity contribution in [1.82, 2.24) is 9.55 Å².